The molecule has 4 aromatic rings. The number of nitrogens with one attached hydrogen (secondary N) is 1. The maximum atomic E-state index is 14.3. The Morgan fingerprint density at radius 1 is 0.833 bits per heavy atom. The van der Waals surface area contributed by atoms with Gasteiger partial charge in [0.1, 0.15) is 12.6 Å². The van der Waals surface area contributed by atoms with Crippen LogP contribution >= 0.6 is 23.2 Å². The maximum absolute atomic E-state index is 14.3. The molecule has 0 saturated carbocycles. The van der Waals surface area contributed by atoms with Crippen LogP contribution in [-0.2, 0) is 32.6 Å². The van der Waals surface area contributed by atoms with Gasteiger partial charge in [-0.15, -0.1) is 0 Å². The van der Waals surface area contributed by atoms with Crippen molar-refractivity contribution in [3.8, 4) is 0 Å². The number of likely N-dealkylation sites (N-methyl/N-ethyl adjacent to an activating group) is 1. The minimum Gasteiger partial charge on any atom is -0.357 e. The second kappa shape index (κ2) is 13.9. The van der Waals surface area contributed by atoms with Crippen molar-refractivity contribution >= 4 is 50.7 Å². The summed E-state index contributed by atoms with van der Waals surface area (Å²) >= 11 is 12.7. The Morgan fingerprint density at radius 2 is 1.48 bits per heavy atom. The van der Waals surface area contributed by atoms with Crippen LogP contribution in [0.4, 0.5) is 5.69 Å². The van der Waals surface area contributed by atoms with Crippen LogP contribution < -0.4 is 9.62 Å². The molecular formula is C32H31Cl2N3O4S. The fraction of sp³-hybridized carbons (Fsp3) is 0.188. The smallest absolute Gasteiger partial charge is 0.264 e. The molecule has 0 saturated heterocycles. The highest BCUT2D eigenvalue weighted by Gasteiger charge is 2.35. The van der Waals surface area contributed by atoms with Crippen LogP contribution in [0, 0.1) is 6.92 Å². The summed E-state index contributed by atoms with van der Waals surface area (Å²) in [5, 5.41) is 3.02. The average molecular weight is 625 g/mol. The number of nitrogens with zero attached hydrogens (tertiary/aromatic N) is 2. The van der Waals surface area contributed by atoms with Crippen LogP contribution in [0.3, 0.4) is 0 Å². The van der Waals surface area contributed by atoms with Crippen molar-refractivity contribution in [2.24, 2.45) is 0 Å². The largest absolute Gasteiger partial charge is 0.357 e. The molecule has 0 bridgehead atoms. The normalized spacial score (nSPS) is 11.9. The van der Waals surface area contributed by atoms with Crippen LogP contribution in [0.15, 0.2) is 108 Å². The fourth-order valence-electron chi connectivity index (χ4n) is 4.64. The van der Waals surface area contributed by atoms with Crippen molar-refractivity contribution < 1.29 is 18.0 Å². The third-order valence-electron chi connectivity index (χ3n) is 6.74. The van der Waals surface area contributed by atoms with E-state index in [1.807, 2.05) is 61.5 Å². The molecule has 4 rings (SSSR count). The molecular weight excluding hydrogens is 593 g/mol. The summed E-state index contributed by atoms with van der Waals surface area (Å²) in [6.07, 6.45) is 0.224. The van der Waals surface area contributed by atoms with Crippen LogP contribution in [0.1, 0.15) is 16.7 Å². The van der Waals surface area contributed by atoms with E-state index in [4.69, 9.17) is 23.2 Å². The number of rotatable bonds is 11. The molecule has 0 unspecified atom stereocenters. The molecule has 4 aromatic carbocycles. The molecule has 0 aliphatic rings. The van der Waals surface area contributed by atoms with Gasteiger partial charge in [-0.2, -0.15) is 0 Å². The standard InChI is InChI=1S/C32H31Cl2N3O4S/c1-23-10-9-13-25(18-23)21-36(30(32(39)35-2)19-24-11-5-3-6-12-24)31(38)22-37(29-20-26(33)16-17-28(29)34)42(40,41)27-14-7-4-8-15-27/h3-18,20,30H,19,21-22H2,1-2H3,(H,35,39)/t30-/m0/s1. The van der Waals surface area contributed by atoms with E-state index in [0.29, 0.717) is 0 Å². The van der Waals surface area contributed by atoms with Crippen molar-refractivity contribution in [3.05, 3.63) is 130 Å². The summed E-state index contributed by atoms with van der Waals surface area (Å²) in [6, 6.07) is 28.2. The lowest BCUT2D eigenvalue weighted by molar-refractivity contribution is -0.139. The lowest BCUT2D eigenvalue weighted by Gasteiger charge is -2.34. The summed E-state index contributed by atoms with van der Waals surface area (Å²) < 4.78 is 28.9. The van der Waals surface area contributed by atoms with Crippen LogP contribution in [0.2, 0.25) is 10.0 Å². The van der Waals surface area contributed by atoms with Crippen LogP contribution in [0.25, 0.3) is 0 Å². The summed E-state index contributed by atoms with van der Waals surface area (Å²) in [6.45, 7) is 1.39. The Bertz CT molecular complexity index is 1650. The molecule has 0 heterocycles. The first-order valence-corrected chi connectivity index (χ1v) is 15.4. The van der Waals surface area contributed by atoms with E-state index in [1.54, 1.807) is 18.2 Å². The quantitative estimate of drug-likeness (QED) is 0.226. The van der Waals surface area contributed by atoms with E-state index in [1.165, 1.54) is 42.3 Å². The number of sulfonamides is 1. The molecule has 0 aliphatic carbocycles. The maximum Gasteiger partial charge on any atom is 0.264 e. The second-order valence-electron chi connectivity index (χ2n) is 9.75. The third-order valence-corrected chi connectivity index (χ3v) is 9.07. The summed E-state index contributed by atoms with van der Waals surface area (Å²) in [5.41, 5.74) is 2.68. The van der Waals surface area contributed by atoms with Crippen molar-refractivity contribution in [1.29, 1.82) is 0 Å². The highest BCUT2D eigenvalue weighted by atomic mass is 35.5. The van der Waals surface area contributed by atoms with Gasteiger partial charge in [-0.3, -0.25) is 13.9 Å². The van der Waals surface area contributed by atoms with E-state index in [9.17, 15) is 18.0 Å². The fourth-order valence-corrected chi connectivity index (χ4v) is 6.52. The lowest BCUT2D eigenvalue weighted by Crippen LogP contribution is -2.53. The Kier molecular flexibility index (Phi) is 10.3. The third kappa shape index (κ3) is 7.50. The molecule has 0 radical (unpaired) electrons. The number of anilines is 1. The van der Waals surface area contributed by atoms with Gasteiger partial charge >= 0.3 is 0 Å². The summed E-state index contributed by atoms with van der Waals surface area (Å²) in [5.74, 6) is -0.963. The number of hydrogen-bond acceptors (Lipinski definition) is 4. The Hall–Kier alpha value is -3.85. The Morgan fingerprint density at radius 3 is 2.12 bits per heavy atom. The van der Waals surface area contributed by atoms with Gasteiger partial charge in [0.05, 0.1) is 15.6 Å². The Labute approximate surface area is 256 Å². The first-order valence-electron chi connectivity index (χ1n) is 13.2. The second-order valence-corrected chi connectivity index (χ2v) is 12.5. The van der Waals surface area contributed by atoms with E-state index in [-0.39, 0.29) is 39.5 Å². The van der Waals surface area contributed by atoms with Gasteiger partial charge in [0.2, 0.25) is 11.8 Å². The van der Waals surface area contributed by atoms with E-state index >= 15 is 0 Å². The topological polar surface area (TPSA) is 86.8 Å². The van der Waals surface area contributed by atoms with Gasteiger partial charge in [0, 0.05) is 25.0 Å². The molecule has 42 heavy (non-hydrogen) atoms. The van der Waals surface area contributed by atoms with Crippen LogP contribution in [-0.4, -0.2) is 44.8 Å². The van der Waals surface area contributed by atoms with E-state index in [2.05, 4.69) is 5.32 Å². The lowest BCUT2D eigenvalue weighted by atomic mass is 10.0. The van der Waals surface area contributed by atoms with Gasteiger partial charge in [0.15, 0.2) is 0 Å². The van der Waals surface area contributed by atoms with Crippen molar-refractivity contribution in [1.82, 2.24) is 10.2 Å². The van der Waals surface area contributed by atoms with E-state index < -0.39 is 28.5 Å². The van der Waals surface area contributed by atoms with Crippen LogP contribution in [0.5, 0.6) is 0 Å². The predicted molar refractivity (Wildman–Crippen MR) is 167 cm³/mol. The zero-order valence-corrected chi connectivity index (χ0v) is 25.5. The number of benzene rings is 4. The molecule has 0 spiro atoms. The number of carbonyl (C=O) groups excluding carboxylic acids is 2. The zero-order chi connectivity index (χ0) is 30.3. The van der Waals surface area contributed by atoms with Gasteiger partial charge in [0.25, 0.3) is 10.0 Å². The number of carbonyl (C=O) groups is 2. The minimum atomic E-state index is -4.27. The Balaban J connectivity index is 1.81. The molecule has 7 nitrogen and oxygen atoms in total. The van der Waals surface area contributed by atoms with Crippen molar-refractivity contribution in [3.63, 3.8) is 0 Å². The molecule has 10 heteroatoms. The van der Waals surface area contributed by atoms with Gasteiger partial charge in [-0.05, 0) is 48.4 Å². The number of hydrogen-bond donors (Lipinski definition) is 1. The van der Waals surface area contributed by atoms with E-state index in [0.717, 1.165) is 21.0 Å². The molecule has 0 fully saturated rings. The number of halogens is 2. The van der Waals surface area contributed by atoms with Crippen molar-refractivity contribution in [2.45, 2.75) is 30.8 Å². The first-order chi connectivity index (χ1) is 20.1. The van der Waals surface area contributed by atoms with Gasteiger partial charge in [-0.1, -0.05) is 102 Å². The molecule has 1 atom stereocenters. The molecule has 2 amide bonds. The summed E-state index contributed by atoms with van der Waals surface area (Å²) in [7, 11) is -2.76. The molecule has 218 valence electrons. The van der Waals surface area contributed by atoms with Gasteiger partial charge < -0.3 is 10.2 Å². The zero-order valence-electron chi connectivity index (χ0n) is 23.2. The van der Waals surface area contributed by atoms with Crippen molar-refractivity contribution in [2.75, 3.05) is 17.9 Å². The SMILES string of the molecule is CNC(=O)[C@H](Cc1ccccc1)N(Cc1cccc(C)c1)C(=O)CN(c1cc(Cl)ccc1Cl)S(=O)(=O)c1ccccc1. The van der Waals surface area contributed by atoms with Gasteiger partial charge in [-0.25, -0.2) is 8.42 Å². The number of aryl methyl sites for hydroxylation is 1. The minimum absolute atomic E-state index is 0.0220. The molecule has 1 N–H and O–H groups in total. The first kappa shape index (κ1) is 31.1. The average Bonchev–Trinajstić information content (AvgIpc) is 2.99. The highest BCUT2D eigenvalue weighted by molar-refractivity contribution is 7.92. The number of amides is 2. The summed E-state index contributed by atoms with van der Waals surface area (Å²) in [4.78, 5) is 29.0. The highest BCUT2D eigenvalue weighted by Crippen LogP contribution is 2.33. The predicted octanol–water partition coefficient (Wildman–Crippen LogP) is 5.88. The molecule has 0 aliphatic heterocycles. The monoisotopic (exact) mass is 623 g/mol. The molecule has 0 aromatic heterocycles.